The summed E-state index contributed by atoms with van der Waals surface area (Å²) in [5.74, 6) is 0. The van der Waals surface area contributed by atoms with Gasteiger partial charge in [-0.1, -0.05) is 18.5 Å². The molecule has 2 unspecified atom stereocenters. The number of rotatable bonds is 5. The zero-order valence-corrected chi connectivity index (χ0v) is 12.9. The normalized spacial score (nSPS) is 22.3. The van der Waals surface area contributed by atoms with Gasteiger partial charge >= 0.3 is 0 Å². The lowest BCUT2D eigenvalue weighted by atomic mass is 10.0. The van der Waals surface area contributed by atoms with Crippen molar-refractivity contribution in [3.05, 3.63) is 21.3 Å². The monoisotopic (exact) mass is 286 g/mol. The van der Waals surface area contributed by atoms with Crippen molar-refractivity contribution in [2.24, 2.45) is 0 Å². The molecule has 102 valence electrons. The van der Waals surface area contributed by atoms with E-state index in [0.717, 1.165) is 10.9 Å². The maximum atomic E-state index is 6.06. The van der Waals surface area contributed by atoms with Gasteiger partial charge in [0.2, 0.25) is 0 Å². The van der Waals surface area contributed by atoms with E-state index >= 15 is 0 Å². The molecule has 2 rings (SSSR count). The minimum Gasteiger partial charge on any atom is -0.315 e. The Balaban J connectivity index is 2.08. The number of nitrogens with zero attached hydrogens (tertiary/aromatic N) is 1. The highest BCUT2D eigenvalue weighted by Crippen LogP contribution is 2.32. The number of nitrogens with one attached hydrogen (secondary N) is 1. The third kappa shape index (κ3) is 3.47. The SMILES string of the molecule is CCCN(C1CCCNC1)C(C)c1ccc(Cl)s1. The van der Waals surface area contributed by atoms with Crippen molar-refractivity contribution < 1.29 is 0 Å². The molecule has 0 bridgehead atoms. The lowest BCUT2D eigenvalue weighted by Crippen LogP contribution is -2.47. The number of halogens is 1. The Hall–Kier alpha value is -0.0900. The molecule has 1 aliphatic rings. The quantitative estimate of drug-likeness (QED) is 0.882. The van der Waals surface area contributed by atoms with Crippen molar-refractivity contribution in [3.8, 4) is 0 Å². The summed E-state index contributed by atoms with van der Waals surface area (Å²) in [4.78, 5) is 4.04. The second-order valence-corrected chi connectivity index (χ2v) is 6.80. The highest BCUT2D eigenvalue weighted by molar-refractivity contribution is 7.16. The zero-order chi connectivity index (χ0) is 13.0. The predicted octanol–water partition coefficient (Wildman–Crippen LogP) is 3.93. The van der Waals surface area contributed by atoms with Crippen molar-refractivity contribution in [2.75, 3.05) is 19.6 Å². The van der Waals surface area contributed by atoms with Crippen LogP contribution < -0.4 is 5.32 Å². The summed E-state index contributed by atoms with van der Waals surface area (Å²) in [5, 5.41) is 3.52. The predicted molar refractivity (Wildman–Crippen MR) is 80.6 cm³/mol. The van der Waals surface area contributed by atoms with Crippen LogP contribution in [0.5, 0.6) is 0 Å². The third-order valence-corrected chi connectivity index (χ3v) is 5.13. The average Bonchev–Trinajstić information content (AvgIpc) is 2.83. The van der Waals surface area contributed by atoms with Crippen molar-refractivity contribution in [3.63, 3.8) is 0 Å². The van der Waals surface area contributed by atoms with Gasteiger partial charge in [0.15, 0.2) is 0 Å². The van der Waals surface area contributed by atoms with E-state index in [0.29, 0.717) is 12.1 Å². The van der Waals surface area contributed by atoms with Crippen molar-refractivity contribution >= 4 is 22.9 Å². The Morgan fingerprint density at radius 1 is 1.56 bits per heavy atom. The molecule has 1 fully saturated rings. The van der Waals surface area contributed by atoms with Gasteiger partial charge in [-0.15, -0.1) is 11.3 Å². The van der Waals surface area contributed by atoms with Crippen LogP contribution in [-0.4, -0.2) is 30.6 Å². The summed E-state index contributed by atoms with van der Waals surface area (Å²) in [6, 6.07) is 5.35. The molecule has 1 aromatic heterocycles. The summed E-state index contributed by atoms with van der Waals surface area (Å²) in [5.41, 5.74) is 0. The van der Waals surface area contributed by atoms with Crippen LogP contribution in [0.3, 0.4) is 0 Å². The fourth-order valence-corrected chi connectivity index (χ4v) is 3.92. The molecule has 0 amide bonds. The van der Waals surface area contributed by atoms with E-state index < -0.39 is 0 Å². The third-order valence-electron chi connectivity index (χ3n) is 3.72. The van der Waals surface area contributed by atoms with E-state index in [9.17, 15) is 0 Å². The lowest BCUT2D eigenvalue weighted by molar-refractivity contribution is 0.122. The zero-order valence-electron chi connectivity index (χ0n) is 11.3. The highest BCUT2D eigenvalue weighted by Gasteiger charge is 2.26. The van der Waals surface area contributed by atoms with Crippen molar-refractivity contribution in [1.29, 1.82) is 0 Å². The van der Waals surface area contributed by atoms with Crippen LogP contribution in [-0.2, 0) is 0 Å². The molecule has 0 saturated carbocycles. The van der Waals surface area contributed by atoms with Gasteiger partial charge in [-0.05, 0) is 51.4 Å². The molecule has 2 nitrogen and oxygen atoms in total. The Morgan fingerprint density at radius 3 is 2.94 bits per heavy atom. The first-order chi connectivity index (χ1) is 8.72. The van der Waals surface area contributed by atoms with Gasteiger partial charge in [-0.25, -0.2) is 0 Å². The molecular weight excluding hydrogens is 264 g/mol. The maximum absolute atomic E-state index is 6.06. The minimum atomic E-state index is 0.479. The molecule has 0 aliphatic carbocycles. The number of hydrogen-bond donors (Lipinski definition) is 1. The van der Waals surface area contributed by atoms with E-state index in [1.54, 1.807) is 11.3 Å². The van der Waals surface area contributed by atoms with Gasteiger partial charge in [0.25, 0.3) is 0 Å². The second kappa shape index (κ2) is 6.90. The Morgan fingerprint density at radius 2 is 2.39 bits per heavy atom. The molecule has 1 aromatic rings. The standard InChI is InChI=1S/C14H23ClN2S/c1-3-9-17(12-5-4-8-16-10-12)11(2)13-6-7-14(15)18-13/h6-7,11-12,16H,3-5,8-10H2,1-2H3. The average molecular weight is 287 g/mol. The van der Waals surface area contributed by atoms with Gasteiger partial charge in [0.1, 0.15) is 0 Å². The van der Waals surface area contributed by atoms with Crippen LogP contribution in [0.2, 0.25) is 4.34 Å². The van der Waals surface area contributed by atoms with Crippen LogP contribution in [0.15, 0.2) is 12.1 Å². The second-order valence-electron chi connectivity index (χ2n) is 5.06. The van der Waals surface area contributed by atoms with Crippen LogP contribution in [0.1, 0.15) is 44.0 Å². The smallest absolute Gasteiger partial charge is 0.0931 e. The van der Waals surface area contributed by atoms with Crippen LogP contribution in [0.25, 0.3) is 0 Å². The largest absolute Gasteiger partial charge is 0.315 e. The van der Waals surface area contributed by atoms with Crippen LogP contribution in [0.4, 0.5) is 0 Å². The van der Waals surface area contributed by atoms with E-state index in [1.807, 2.05) is 6.07 Å². The molecule has 0 radical (unpaired) electrons. The Labute approximate surface area is 119 Å². The number of piperidine rings is 1. The summed E-state index contributed by atoms with van der Waals surface area (Å²) in [6.07, 6.45) is 3.82. The fraction of sp³-hybridized carbons (Fsp3) is 0.714. The van der Waals surface area contributed by atoms with Gasteiger partial charge in [0, 0.05) is 23.5 Å². The maximum Gasteiger partial charge on any atom is 0.0931 e. The molecular formula is C14H23ClN2S. The van der Waals surface area contributed by atoms with Gasteiger partial charge in [0.05, 0.1) is 4.34 Å². The lowest BCUT2D eigenvalue weighted by Gasteiger charge is -2.38. The first kappa shape index (κ1) is 14.3. The van der Waals surface area contributed by atoms with Crippen molar-refractivity contribution in [2.45, 2.75) is 45.2 Å². The molecule has 18 heavy (non-hydrogen) atoms. The summed E-state index contributed by atoms with van der Waals surface area (Å²) in [7, 11) is 0. The molecule has 2 atom stereocenters. The molecule has 1 saturated heterocycles. The van der Waals surface area contributed by atoms with E-state index in [-0.39, 0.29) is 0 Å². The van der Waals surface area contributed by atoms with Crippen LogP contribution >= 0.6 is 22.9 Å². The highest BCUT2D eigenvalue weighted by atomic mass is 35.5. The Kier molecular flexibility index (Phi) is 5.49. The molecule has 1 aliphatic heterocycles. The first-order valence-electron chi connectivity index (χ1n) is 6.94. The molecule has 4 heteroatoms. The summed E-state index contributed by atoms with van der Waals surface area (Å²) < 4.78 is 0.898. The van der Waals surface area contributed by atoms with E-state index in [4.69, 9.17) is 11.6 Å². The molecule has 2 heterocycles. The Bertz CT molecular complexity index is 360. The fourth-order valence-electron chi connectivity index (χ4n) is 2.78. The number of hydrogen-bond acceptors (Lipinski definition) is 3. The summed E-state index contributed by atoms with van der Waals surface area (Å²) >= 11 is 7.78. The van der Waals surface area contributed by atoms with Gasteiger partial charge in [-0.2, -0.15) is 0 Å². The van der Waals surface area contributed by atoms with Gasteiger partial charge in [-0.3, -0.25) is 4.90 Å². The molecule has 0 aromatic carbocycles. The van der Waals surface area contributed by atoms with Crippen LogP contribution in [0, 0.1) is 0 Å². The topological polar surface area (TPSA) is 15.3 Å². The molecule has 0 spiro atoms. The summed E-state index contributed by atoms with van der Waals surface area (Å²) in [6.45, 7) is 8.05. The number of thiophene rings is 1. The van der Waals surface area contributed by atoms with E-state index in [1.165, 1.54) is 37.2 Å². The first-order valence-corrected chi connectivity index (χ1v) is 8.13. The van der Waals surface area contributed by atoms with Crippen molar-refractivity contribution in [1.82, 2.24) is 10.2 Å². The minimum absolute atomic E-state index is 0.479. The molecule has 1 N–H and O–H groups in total. The van der Waals surface area contributed by atoms with E-state index in [2.05, 4.69) is 30.1 Å². The van der Waals surface area contributed by atoms with Gasteiger partial charge < -0.3 is 5.32 Å².